The van der Waals surface area contributed by atoms with Crippen molar-refractivity contribution in [1.82, 2.24) is 29.9 Å². The quantitative estimate of drug-likeness (QED) is 0.466. The number of hydrogen-bond acceptors (Lipinski definition) is 6. The first-order chi connectivity index (χ1) is 15.8. The van der Waals surface area contributed by atoms with Crippen molar-refractivity contribution in [2.45, 2.75) is 61.9 Å². The van der Waals surface area contributed by atoms with E-state index in [1.807, 2.05) is 10.5 Å². The summed E-state index contributed by atoms with van der Waals surface area (Å²) in [7, 11) is -3.93. The summed E-state index contributed by atoms with van der Waals surface area (Å²) < 4.78 is 29.1. The monoisotopic (exact) mass is 466 g/mol. The Hall–Kier alpha value is -3.27. The number of nitrogens with zero attached hydrogens (tertiary/aromatic N) is 4. The van der Waals surface area contributed by atoms with E-state index in [1.54, 1.807) is 37.4 Å². The number of benzene rings is 1. The largest absolute Gasteiger partial charge is 0.354 e. The number of H-pyrrole nitrogens is 1. The highest BCUT2D eigenvalue weighted by molar-refractivity contribution is 7.91. The van der Waals surface area contributed by atoms with Crippen LogP contribution >= 0.6 is 0 Å². The summed E-state index contributed by atoms with van der Waals surface area (Å²) in [6.07, 6.45) is 4.24. The molecule has 3 atom stereocenters. The van der Waals surface area contributed by atoms with Crippen molar-refractivity contribution in [2.75, 3.05) is 0 Å². The van der Waals surface area contributed by atoms with Gasteiger partial charge in [0.25, 0.3) is 0 Å². The van der Waals surface area contributed by atoms with Crippen molar-refractivity contribution in [3.05, 3.63) is 47.9 Å². The molecule has 0 spiro atoms. The maximum Gasteiger partial charge on any atom is 0.228 e. The van der Waals surface area contributed by atoms with Gasteiger partial charge in [0.1, 0.15) is 5.82 Å². The molecule has 0 aliphatic heterocycles. The van der Waals surface area contributed by atoms with Crippen molar-refractivity contribution in [3.8, 4) is 0 Å². The summed E-state index contributed by atoms with van der Waals surface area (Å²) in [5.41, 5.74) is 2.05. The minimum absolute atomic E-state index is 0.0383. The number of aryl methyl sites for hydroxylation is 1. The molecule has 3 aromatic heterocycles. The summed E-state index contributed by atoms with van der Waals surface area (Å²) >= 11 is 0. The Morgan fingerprint density at radius 3 is 2.73 bits per heavy atom. The molecule has 0 saturated heterocycles. The van der Waals surface area contributed by atoms with Crippen LogP contribution in [0.1, 0.15) is 50.4 Å². The minimum atomic E-state index is -3.93. The number of hydrogen-bond donors (Lipinski definition) is 2. The third kappa shape index (κ3) is 3.49. The van der Waals surface area contributed by atoms with Gasteiger partial charge >= 0.3 is 0 Å². The maximum atomic E-state index is 13.7. The number of nitrogens with one attached hydrogen (secondary N) is 2. The lowest BCUT2D eigenvalue weighted by Gasteiger charge is -2.16. The Morgan fingerprint density at radius 1 is 1.21 bits per heavy atom. The average molecular weight is 467 g/mol. The van der Waals surface area contributed by atoms with Crippen molar-refractivity contribution in [3.63, 3.8) is 0 Å². The lowest BCUT2D eigenvalue weighted by molar-refractivity contribution is -0.119. The molecular weight excluding hydrogens is 440 g/mol. The molecular formula is C23H26N6O3S. The molecule has 1 aliphatic carbocycles. The number of amides is 1. The van der Waals surface area contributed by atoms with E-state index in [9.17, 15) is 13.2 Å². The molecule has 0 bridgehead atoms. The molecule has 0 radical (unpaired) electrons. The summed E-state index contributed by atoms with van der Waals surface area (Å²) in [6, 6.07) is 8.76. The Bertz CT molecular complexity index is 1470. The summed E-state index contributed by atoms with van der Waals surface area (Å²) in [4.78, 5) is 19.3. The second-order valence-corrected chi connectivity index (χ2v) is 10.6. The fraction of sp³-hybridized carbons (Fsp3) is 0.391. The van der Waals surface area contributed by atoms with Crippen LogP contribution in [0.5, 0.6) is 0 Å². The van der Waals surface area contributed by atoms with Crippen LogP contribution in [-0.2, 0) is 14.6 Å². The van der Waals surface area contributed by atoms with Gasteiger partial charge in [-0.25, -0.2) is 13.4 Å². The van der Waals surface area contributed by atoms with Crippen LogP contribution in [0.25, 0.3) is 16.8 Å². The molecule has 0 unspecified atom stereocenters. The van der Waals surface area contributed by atoms with E-state index in [-0.39, 0.29) is 33.4 Å². The molecule has 4 aromatic rings. The molecule has 1 saturated carbocycles. The van der Waals surface area contributed by atoms with E-state index in [0.717, 1.165) is 24.8 Å². The van der Waals surface area contributed by atoms with Gasteiger partial charge in [0, 0.05) is 25.1 Å². The predicted molar refractivity (Wildman–Crippen MR) is 123 cm³/mol. The number of aromatic amines is 1. The third-order valence-electron chi connectivity index (χ3n) is 6.63. The molecule has 3 heterocycles. The molecule has 9 nitrogen and oxygen atoms in total. The molecule has 33 heavy (non-hydrogen) atoms. The van der Waals surface area contributed by atoms with Gasteiger partial charge < -0.3 is 10.3 Å². The van der Waals surface area contributed by atoms with Gasteiger partial charge in [-0.05, 0) is 43.4 Å². The van der Waals surface area contributed by atoms with Gasteiger partial charge in [-0.1, -0.05) is 31.5 Å². The normalized spacial score (nSPS) is 21.1. The number of aromatic nitrogens is 5. The van der Waals surface area contributed by atoms with Gasteiger partial charge in [0.05, 0.1) is 10.4 Å². The molecule has 1 aliphatic rings. The van der Waals surface area contributed by atoms with Crippen molar-refractivity contribution in [1.29, 1.82) is 0 Å². The maximum absolute atomic E-state index is 13.7. The van der Waals surface area contributed by atoms with E-state index in [4.69, 9.17) is 0 Å². The topological polar surface area (TPSA) is 122 Å². The first-order valence-electron chi connectivity index (χ1n) is 11.1. The molecule has 5 rings (SSSR count). The van der Waals surface area contributed by atoms with Crippen LogP contribution in [0.4, 0.5) is 0 Å². The summed E-state index contributed by atoms with van der Waals surface area (Å²) in [6.45, 7) is 5.41. The lowest BCUT2D eigenvalue weighted by Crippen LogP contribution is -2.30. The van der Waals surface area contributed by atoms with Crippen LogP contribution in [0, 0.1) is 12.8 Å². The zero-order valence-corrected chi connectivity index (χ0v) is 19.6. The molecule has 2 N–H and O–H groups in total. The first-order valence-corrected chi connectivity index (χ1v) is 12.6. The Morgan fingerprint density at radius 2 is 2.00 bits per heavy atom. The highest BCUT2D eigenvalue weighted by Gasteiger charge is 2.38. The zero-order chi connectivity index (χ0) is 23.3. The van der Waals surface area contributed by atoms with E-state index < -0.39 is 9.84 Å². The fourth-order valence-electron chi connectivity index (χ4n) is 5.13. The Balaban J connectivity index is 1.71. The van der Waals surface area contributed by atoms with Crippen LogP contribution in [0.2, 0.25) is 0 Å². The first kappa shape index (κ1) is 21.6. The molecule has 10 heteroatoms. The molecule has 1 amide bonds. The van der Waals surface area contributed by atoms with Crippen molar-refractivity contribution in [2.24, 2.45) is 5.92 Å². The average Bonchev–Trinajstić information content (AvgIpc) is 3.49. The van der Waals surface area contributed by atoms with Crippen LogP contribution < -0.4 is 5.32 Å². The highest BCUT2D eigenvalue weighted by Crippen LogP contribution is 2.42. The fourth-order valence-corrected chi connectivity index (χ4v) is 6.67. The minimum Gasteiger partial charge on any atom is -0.354 e. The van der Waals surface area contributed by atoms with Gasteiger partial charge in [-0.15, -0.1) is 10.2 Å². The Kier molecular flexibility index (Phi) is 5.19. The standard InChI is InChI=1S/C23H26N6O3S/c1-4-15-11-16(25-14(3)30)12-17(15)21-27-28-22-23(26-20-18(29(21)22)9-10-24-20)33(31,32)19-8-6-5-7-13(19)2/h5-10,15-17,24H,4,11-12H2,1-3H3,(H,25,30)/t15-,16+,17+/m1/s1. The number of sulfone groups is 1. The van der Waals surface area contributed by atoms with Gasteiger partial charge in [0.2, 0.25) is 20.8 Å². The van der Waals surface area contributed by atoms with Gasteiger partial charge in [-0.3, -0.25) is 9.20 Å². The van der Waals surface area contributed by atoms with Gasteiger partial charge in [0.15, 0.2) is 11.3 Å². The van der Waals surface area contributed by atoms with E-state index in [1.165, 1.54) is 6.92 Å². The van der Waals surface area contributed by atoms with Gasteiger partial charge in [-0.2, -0.15) is 0 Å². The summed E-state index contributed by atoms with van der Waals surface area (Å²) in [5, 5.41) is 11.7. The van der Waals surface area contributed by atoms with Crippen LogP contribution in [0.15, 0.2) is 46.5 Å². The number of rotatable bonds is 5. The Labute approximate surface area is 191 Å². The highest BCUT2D eigenvalue weighted by atomic mass is 32.2. The van der Waals surface area contributed by atoms with Crippen molar-refractivity contribution >= 4 is 32.6 Å². The second-order valence-electron chi connectivity index (χ2n) is 8.76. The van der Waals surface area contributed by atoms with Crippen LogP contribution in [-0.4, -0.2) is 44.9 Å². The smallest absolute Gasteiger partial charge is 0.228 e. The zero-order valence-electron chi connectivity index (χ0n) is 18.7. The van der Waals surface area contributed by atoms with Crippen LogP contribution in [0.3, 0.4) is 0 Å². The SMILES string of the molecule is CC[C@@H]1C[C@H](NC(C)=O)C[C@@H]1c1nnc2c(S(=O)(=O)c3ccccc3C)nc3[nH]ccc3n12. The second kappa shape index (κ2) is 7.95. The van der Waals surface area contributed by atoms with E-state index in [0.29, 0.717) is 23.0 Å². The number of carbonyl (C=O) groups excluding carboxylic acids is 1. The predicted octanol–water partition coefficient (Wildman–Crippen LogP) is 3.16. The van der Waals surface area contributed by atoms with E-state index in [2.05, 4.69) is 32.4 Å². The van der Waals surface area contributed by atoms with E-state index >= 15 is 0 Å². The molecule has 1 fully saturated rings. The molecule has 1 aromatic carbocycles. The van der Waals surface area contributed by atoms with Crippen molar-refractivity contribution < 1.29 is 13.2 Å². The number of carbonyl (C=O) groups is 1. The molecule has 172 valence electrons. The lowest BCUT2D eigenvalue weighted by atomic mass is 9.93. The summed E-state index contributed by atoms with van der Waals surface area (Å²) in [5.74, 6) is 0.993. The third-order valence-corrected chi connectivity index (χ3v) is 8.45. The number of fused-ring (bicyclic) bond motifs is 3.